The summed E-state index contributed by atoms with van der Waals surface area (Å²) in [5, 5.41) is 46.7. The fourth-order valence-corrected chi connectivity index (χ4v) is 10.2. The average molecular weight is 394 g/mol. The minimum Gasteiger partial charge on any atom is -0.392 e. The highest BCUT2D eigenvalue weighted by Gasteiger charge is 2.85. The molecular weight excluding hydrogens is 358 g/mol. The van der Waals surface area contributed by atoms with Crippen LogP contribution in [0.3, 0.4) is 0 Å². The highest BCUT2D eigenvalue weighted by Crippen LogP contribution is 2.78. The maximum Gasteiger partial charge on any atom is 0.0796 e. The van der Waals surface area contributed by atoms with Gasteiger partial charge in [0, 0.05) is 55.2 Å². The second-order valence-electron chi connectivity index (χ2n) is 11.2. The van der Waals surface area contributed by atoms with E-state index in [1.807, 2.05) is 0 Å². The molecule has 0 unspecified atom stereocenters. The van der Waals surface area contributed by atoms with E-state index in [0.29, 0.717) is 6.42 Å². The van der Waals surface area contributed by atoms with Gasteiger partial charge in [0.05, 0.1) is 30.0 Å². The Labute approximate surface area is 166 Å². The summed E-state index contributed by atoms with van der Waals surface area (Å²) >= 11 is 0. The van der Waals surface area contributed by atoms with E-state index in [2.05, 4.69) is 18.7 Å². The van der Waals surface area contributed by atoms with E-state index in [9.17, 15) is 20.4 Å². The molecule has 158 valence electrons. The normalized spacial score (nSPS) is 67.0. The molecule has 0 amide bonds. The van der Waals surface area contributed by atoms with Crippen LogP contribution in [-0.4, -0.2) is 81.6 Å². The number of rotatable bonds is 2. The molecule has 4 N–H and O–H groups in total. The van der Waals surface area contributed by atoms with E-state index in [4.69, 9.17) is 4.74 Å². The molecule has 28 heavy (non-hydrogen) atoms. The summed E-state index contributed by atoms with van der Waals surface area (Å²) in [6.45, 7) is 6.23. The lowest BCUT2D eigenvalue weighted by atomic mass is 9.43. The van der Waals surface area contributed by atoms with E-state index in [0.717, 1.165) is 32.4 Å². The van der Waals surface area contributed by atoms with Crippen molar-refractivity contribution in [3.05, 3.63) is 0 Å². The van der Waals surface area contributed by atoms with Crippen LogP contribution in [0.4, 0.5) is 0 Å². The van der Waals surface area contributed by atoms with Crippen molar-refractivity contribution in [2.24, 2.45) is 40.4 Å². The van der Waals surface area contributed by atoms with Gasteiger partial charge in [-0.2, -0.15) is 0 Å². The zero-order valence-electron chi connectivity index (χ0n) is 17.2. The van der Waals surface area contributed by atoms with Crippen LogP contribution in [0.1, 0.15) is 39.5 Å². The number of ether oxygens (including phenoxy) is 1. The van der Waals surface area contributed by atoms with Crippen LogP contribution in [0.2, 0.25) is 0 Å². The minimum atomic E-state index is -1.14. The summed E-state index contributed by atoms with van der Waals surface area (Å²) < 4.78 is 5.74. The van der Waals surface area contributed by atoms with E-state index in [1.54, 1.807) is 7.11 Å². The predicted molar refractivity (Wildman–Crippen MR) is 101 cm³/mol. The SMILES string of the molecule is CCN1C[C@]2(C)CC[C@H](O)[C@@]34[C@@H]5C[C@H]6[C@H](O)[C@@H]5[C@](O)(C[C@@H]6OC)[C@@H]([C@@H](O)[C@H]23)[C@@H]14. The van der Waals surface area contributed by atoms with Crippen LogP contribution >= 0.6 is 0 Å². The van der Waals surface area contributed by atoms with E-state index < -0.39 is 29.3 Å². The topological polar surface area (TPSA) is 93.4 Å². The van der Waals surface area contributed by atoms with Gasteiger partial charge in [0.25, 0.3) is 0 Å². The quantitative estimate of drug-likeness (QED) is 0.536. The third kappa shape index (κ3) is 1.65. The Kier molecular flexibility index (Phi) is 3.52. The Morgan fingerprint density at radius 2 is 1.89 bits per heavy atom. The number of aliphatic hydroxyl groups excluding tert-OH is 3. The number of piperidine rings is 1. The van der Waals surface area contributed by atoms with Crippen molar-refractivity contribution in [1.82, 2.24) is 4.90 Å². The lowest BCUT2D eigenvalue weighted by Crippen LogP contribution is -2.75. The molecule has 0 radical (unpaired) electrons. The Morgan fingerprint density at radius 3 is 2.57 bits per heavy atom. The highest BCUT2D eigenvalue weighted by molar-refractivity contribution is 5.34. The number of nitrogens with zero attached hydrogens (tertiary/aromatic N) is 1. The average Bonchev–Trinajstić information content (AvgIpc) is 3.05. The number of hydrogen-bond acceptors (Lipinski definition) is 6. The molecule has 0 aromatic heterocycles. The van der Waals surface area contributed by atoms with Crippen LogP contribution in [-0.2, 0) is 4.74 Å². The molecule has 1 heterocycles. The van der Waals surface area contributed by atoms with Gasteiger partial charge in [0.15, 0.2) is 0 Å². The summed E-state index contributed by atoms with van der Waals surface area (Å²) in [5.74, 6) is -0.557. The summed E-state index contributed by atoms with van der Waals surface area (Å²) in [4.78, 5) is 2.45. The smallest absolute Gasteiger partial charge is 0.0796 e. The van der Waals surface area contributed by atoms with Gasteiger partial charge < -0.3 is 25.2 Å². The zero-order valence-corrected chi connectivity index (χ0v) is 17.2. The first-order chi connectivity index (χ1) is 13.3. The van der Waals surface area contributed by atoms with Crippen molar-refractivity contribution >= 4 is 0 Å². The fourth-order valence-electron chi connectivity index (χ4n) is 10.2. The van der Waals surface area contributed by atoms with Gasteiger partial charge in [0.1, 0.15) is 0 Å². The first kappa shape index (κ1) is 18.5. The van der Waals surface area contributed by atoms with Crippen LogP contribution in [0.5, 0.6) is 0 Å². The molecule has 0 aromatic carbocycles. The molecule has 1 aliphatic heterocycles. The van der Waals surface area contributed by atoms with Crippen molar-refractivity contribution in [2.75, 3.05) is 20.2 Å². The molecule has 6 nitrogen and oxygen atoms in total. The van der Waals surface area contributed by atoms with Crippen molar-refractivity contribution in [2.45, 2.75) is 75.6 Å². The molecule has 5 aliphatic carbocycles. The second-order valence-corrected chi connectivity index (χ2v) is 11.2. The van der Waals surface area contributed by atoms with E-state index in [-0.39, 0.29) is 47.2 Å². The summed E-state index contributed by atoms with van der Waals surface area (Å²) in [5.41, 5.74) is -1.62. The van der Waals surface area contributed by atoms with Crippen LogP contribution in [0.25, 0.3) is 0 Å². The van der Waals surface area contributed by atoms with Crippen LogP contribution in [0, 0.1) is 40.4 Å². The summed E-state index contributed by atoms with van der Waals surface area (Å²) in [6, 6.07) is -0.0197. The molecule has 6 heteroatoms. The maximum atomic E-state index is 12.2. The predicted octanol–water partition coefficient (Wildman–Crippen LogP) is 0.221. The zero-order chi connectivity index (χ0) is 19.8. The lowest BCUT2D eigenvalue weighted by molar-refractivity contribution is -0.266. The molecule has 0 aromatic rings. The Morgan fingerprint density at radius 1 is 1.14 bits per heavy atom. The van der Waals surface area contributed by atoms with Crippen molar-refractivity contribution in [3.63, 3.8) is 0 Å². The fraction of sp³-hybridized carbons (Fsp3) is 1.00. The molecule has 13 atom stereocenters. The van der Waals surface area contributed by atoms with Gasteiger partial charge >= 0.3 is 0 Å². The monoisotopic (exact) mass is 393 g/mol. The standard InChI is InChI=1S/C22H35NO5/c1-4-23-9-20(2)6-5-13(24)22-11-7-10-12(28-3)8-21(27,14(11)16(10)25)15(19(22)23)17(26)18(20)22/h10-19,24-27H,4-9H2,1-3H3/t10-,11-,12+,13+,14-,15+,16+,17-,18-,19-,20+,21-,22+/m1/s1. The molecule has 6 rings (SSSR count). The number of fused-ring (bicyclic) bond motifs is 2. The molecule has 7 bridgehead atoms. The van der Waals surface area contributed by atoms with Crippen LogP contribution in [0.15, 0.2) is 0 Å². The third-order valence-corrected chi connectivity index (χ3v) is 10.7. The summed E-state index contributed by atoms with van der Waals surface area (Å²) in [7, 11) is 1.67. The van der Waals surface area contributed by atoms with Gasteiger partial charge in [-0.25, -0.2) is 0 Å². The lowest BCUT2D eigenvalue weighted by Gasteiger charge is -2.68. The van der Waals surface area contributed by atoms with Gasteiger partial charge in [-0.3, -0.25) is 4.90 Å². The molecule has 6 fully saturated rings. The molecule has 1 spiro atoms. The maximum absolute atomic E-state index is 12.2. The largest absolute Gasteiger partial charge is 0.392 e. The van der Waals surface area contributed by atoms with E-state index in [1.165, 1.54) is 0 Å². The van der Waals surface area contributed by atoms with Crippen molar-refractivity contribution in [1.29, 1.82) is 0 Å². The third-order valence-electron chi connectivity index (χ3n) is 10.7. The first-order valence-electron chi connectivity index (χ1n) is 11.3. The number of methoxy groups -OCH3 is 1. The van der Waals surface area contributed by atoms with Crippen LogP contribution < -0.4 is 0 Å². The number of likely N-dealkylation sites (tertiary alicyclic amines) is 1. The molecule has 5 saturated carbocycles. The molecular formula is C22H35NO5. The molecule has 6 aliphatic rings. The second kappa shape index (κ2) is 5.32. The van der Waals surface area contributed by atoms with Crippen molar-refractivity contribution < 1.29 is 25.2 Å². The summed E-state index contributed by atoms with van der Waals surface area (Å²) in [6.07, 6.45) is 1.01. The Hall–Kier alpha value is -0.240. The van der Waals surface area contributed by atoms with Crippen molar-refractivity contribution in [3.8, 4) is 0 Å². The number of aliphatic hydroxyl groups is 4. The van der Waals surface area contributed by atoms with Gasteiger partial charge in [-0.05, 0) is 37.1 Å². The Balaban J connectivity index is 1.62. The molecule has 1 saturated heterocycles. The van der Waals surface area contributed by atoms with Gasteiger partial charge in [-0.15, -0.1) is 0 Å². The number of hydrogen-bond donors (Lipinski definition) is 4. The minimum absolute atomic E-state index is 0.00637. The van der Waals surface area contributed by atoms with Gasteiger partial charge in [0.2, 0.25) is 0 Å². The van der Waals surface area contributed by atoms with Gasteiger partial charge in [-0.1, -0.05) is 13.8 Å². The first-order valence-corrected chi connectivity index (χ1v) is 11.3. The highest BCUT2D eigenvalue weighted by atomic mass is 16.5. The Bertz CT molecular complexity index is 704. The van der Waals surface area contributed by atoms with E-state index >= 15 is 0 Å².